The van der Waals surface area contributed by atoms with Gasteiger partial charge in [-0.15, -0.1) is 0 Å². The summed E-state index contributed by atoms with van der Waals surface area (Å²) in [6, 6.07) is 7.48. The molecule has 0 aliphatic carbocycles. The molecule has 2 amide bonds. The van der Waals surface area contributed by atoms with Crippen molar-refractivity contribution in [2.75, 3.05) is 19.7 Å². The zero-order valence-electron chi connectivity index (χ0n) is 11.0. The fourth-order valence-electron chi connectivity index (χ4n) is 2.19. The molecule has 0 aromatic heterocycles. The van der Waals surface area contributed by atoms with Crippen LogP contribution in [-0.2, 0) is 9.59 Å². The molecule has 1 aromatic rings. The topological polar surface area (TPSA) is 72.6 Å². The van der Waals surface area contributed by atoms with E-state index in [1.165, 1.54) is 0 Å². The van der Waals surface area contributed by atoms with Gasteiger partial charge in [0.15, 0.2) is 0 Å². The maximum Gasteiger partial charge on any atom is 0.226 e. The molecule has 1 heterocycles. The lowest BCUT2D eigenvalue weighted by molar-refractivity contribution is -0.131. The second-order valence-electron chi connectivity index (χ2n) is 4.78. The van der Waals surface area contributed by atoms with Crippen LogP contribution in [0.25, 0.3) is 0 Å². The molecule has 1 aliphatic heterocycles. The van der Waals surface area contributed by atoms with Gasteiger partial charge >= 0.3 is 0 Å². The summed E-state index contributed by atoms with van der Waals surface area (Å²) in [5.41, 5.74) is 5.24. The van der Waals surface area contributed by atoms with E-state index in [4.69, 9.17) is 10.5 Å². The molecular weight excluding hydrogens is 324 g/mol. The summed E-state index contributed by atoms with van der Waals surface area (Å²) in [6.07, 6.45) is 0.964. The van der Waals surface area contributed by atoms with Crippen LogP contribution in [0.1, 0.15) is 12.8 Å². The van der Waals surface area contributed by atoms with Crippen molar-refractivity contribution in [2.24, 2.45) is 11.7 Å². The average molecular weight is 341 g/mol. The fourth-order valence-corrected chi connectivity index (χ4v) is 2.57. The van der Waals surface area contributed by atoms with Crippen molar-refractivity contribution < 1.29 is 14.3 Å². The number of nitrogens with zero attached hydrogens (tertiary/aromatic N) is 1. The fraction of sp³-hybridized carbons (Fsp3) is 0.429. The van der Waals surface area contributed by atoms with E-state index >= 15 is 0 Å². The standard InChI is InChI=1S/C14H17BrN2O3/c15-11-2-1-3-12(8-11)20-7-5-13(18)17-6-4-10(9-17)14(16)19/h1-3,8,10H,4-7,9H2,(H2,16,19)/t10-/m1/s1. The third-order valence-electron chi connectivity index (χ3n) is 3.32. The number of primary amides is 1. The molecule has 0 radical (unpaired) electrons. The molecule has 2 rings (SSSR count). The molecule has 0 saturated carbocycles. The van der Waals surface area contributed by atoms with E-state index in [2.05, 4.69) is 15.9 Å². The molecule has 1 aromatic carbocycles. The first-order valence-electron chi connectivity index (χ1n) is 6.51. The largest absolute Gasteiger partial charge is 0.493 e. The molecule has 1 aliphatic rings. The van der Waals surface area contributed by atoms with Crippen molar-refractivity contribution in [3.8, 4) is 5.75 Å². The van der Waals surface area contributed by atoms with Crippen LogP contribution in [0, 0.1) is 5.92 Å². The monoisotopic (exact) mass is 340 g/mol. The van der Waals surface area contributed by atoms with Gasteiger partial charge in [0.2, 0.25) is 11.8 Å². The zero-order chi connectivity index (χ0) is 14.5. The molecule has 20 heavy (non-hydrogen) atoms. The number of nitrogens with two attached hydrogens (primary N) is 1. The van der Waals surface area contributed by atoms with Crippen LogP contribution < -0.4 is 10.5 Å². The summed E-state index contributed by atoms with van der Waals surface area (Å²) >= 11 is 3.36. The second kappa shape index (κ2) is 6.74. The molecule has 1 atom stereocenters. The van der Waals surface area contributed by atoms with Gasteiger partial charge < -0.3 is 15.4 Å². The van der Waals surface area contributed by atoms with E-state index < -0.39 is 0 Å². The van der Waals surface area contributed by atoms with E-state index in [1.54, 1.807) is 4.90 Å². The quantitative estimate of drug-likeness (QED) is 0.883. The van der Waals surface area contributed by atoms with Crippen LogP contribution in [-0.4, -0.2) is 36.4 Å². The Hall–Kier alpha value is -1.56. The van der Waals surface area contributed by atoms with Crippen molar-refractivity contribution in [1.29, 1.82) is 0 Å². The third-order valence-corrected chi connectivity index (χ3v) is 3.82. The summed E-state index contributed by atoms with van der Waals surface area (Å²) in [7, 11) is 0. The molecule has 6 heteroatoms. The van der Waals surface area contributed by atoms with Gasteiger partial charge in [0, 0.05) is 17.6 Å². The molecule has 108 valence electrons. The first-order valence-corrected chi connectivity index (χ1v) is 7.31. The number of likely N-dealkylation sites (tertiary alicyclic amines) is 1. The number of ether oxygens (including phenoxy) is 1. The Bertz CT molecular complexity index is 507. The maximum atomic E-state index is 12.0. The van der Waals surface area contributed by atoms with Gasteiger partial charge in [-0.25, -0.2) is 0 Å². The van der Waals surface area contributed by atoms with E-state index in [1.807, 2.05) is 24.3 Å². The maximum absolute atomic E-state index is 12.0. The minimum absolute atomic E-state index is 0.00347. The minimum atomic E-state index is -0.328. The molecule has 5 nitrogen and oxygen atoms in total. The molecule has 0 unspecified atom stereocenters. The van der Waals surface area contributed by atoms with Crippen LogP contribution in [0.3, 0.4) is 0 Å². The summed E-state index contributed by atoms with van der Waals surface area (Å²) in [4.78, 5) is 24.7. The van der Waals surface area contributed by atoms with E-state index in [0.29, 0.717) is 32.5 Å². The van der Waals surface area contributed by atoms with Crippen molar-refractivity contribution >= 4 is 27.7 Å². The second-order valence-corrected chi connectivity index (χ2v) is 5.70. The van der Waals surface area contributed by atoms with Gasteiger partial charge in [0.25, 0.3) is 0 Å². The SMILES string of the molecule is NC(=O)[C@@H]1CCN(C(=O)CCOc2cccc(Br)c2)C1. The number of halogens is 1. The summed E-state index contributed by atoms with van der Waals surface area (Å²) < 4.78 is 6.46. The summed E-state index contributed by atoms with van der Waals surface area (Å²) in [5.74, 6) is 0.197. The predicted octanol–water partition coefficient (Wildman–Crippen LogP) is 1.55. The van der Waals surface area contributed by atoms with Gasteiger partial charge in [-0.2, -0.15) is 0 Å². The molecule has 2 N–H and O–H groups in total. The zero-order valence-corrected chi connectivity index (χ0v) is 12.6. The van der Waals surface area contributed by atoms with Crippen LogP contribution in [0.2, 0.25) is 0 Å². The Labute approximate surface area is 126 Å². The van der Waals surface area contributed by atoms with Crippen LogP contribution in [0.4, 0.5) is 0 Å². The number of rotatable bonds is 5. The summed E-state index contributed by atoms with van der Waals surface area (Å²) in [6.45, 7) is 1.36. The number of carbonyl (C=O) groups excluding carboxylic acids is 2. The van der Waals surface area contributed by atoms with E-state index in [0.717, 1.165) is 10.2 Å². The van der Waals surface area contributed by atoms with Gasteiger partial charge in [0.1, 0.15) is 5.75 Å². The number of hydrogen-bond acceptors (Lipinski definition) is 3. The van der Waals surface area contributed by atoms with Crippen molar-refractivity contribution in [2.45, 2.75) is 12.8 Å². The number of amides is 2. The van der Waals surface area contributed by atoms with E-state index in [-0.39, 0.29) is 17.7 Å². The van der Waals surface area contributed by atoms with Gasteiger partial charge in [-0.1, -0.05) is 22.0 Å². The van der Waals surface area contributed by atoms with Gasteiger partial charge in [-0.05, 0) is 24.6 Å². The van der Waals surface area contributed by atoms with Crippen LogP contribution >= 0.6 is 15.9 Å². The molecular formula is C14H17BrN2O3. The Morgan fingerprint density at radius 2 is 2.25 bits per heavy atom. The Kier molecular flexibility index (Phi) is 5.00. The van der Waals surface area contributed by atoms with Crippen molar-refractivity contribution in [3.63, 3.8) is 0 Å². The van der Waals surface area contributed by atoms with Gasteiger partial charge in [-0.3, -0.25) is 9.59 Å². The smallest absolute Gasteiger partial charge is 0.226 e. The predicted molar refractivity (Wildman–Crippen MR) is 78.1 cm³/mol. The van der Waals surface area contributed by atoms with Crippen LogP contribution in [0.15, 0.2) is 28.7 Å². The lowest BCUT2D eigenvalue weighted by Gasteiger charge is -2.16. The lowest BCUT2D eigenvalue weighted by Crippen LogP contribution is -2.32. The Morgan fingerprint density at radius 3 is 2.90 bits per heavy atom. The average Bonchev–Trinajstić information content (AvgIpc) is 2.88. The highest BCUT2D eigenvalue weighted by atomic mass is 79.9. The van der Waals surface area contributed by atoms with Crippen LogP contribution in [0.5, 0.6) is 5.75 Å². The molecule has 0 spiro atoms. The van der Waals surface area contributed by atoms with Crippen molar-refractivity contribution in [1.82, 2.24) is 4.90 Å². The lowest BCUT2D eigenvalue weighted by atomic mass is 10.1. The highest BCUT2D eigenvalue weighted by molar-refractivity contribution is 9.10. The number of carbonyl (C=O) groups is 2. The summed E-state index contributed by atoms with van der Waals surface area (Å²) in [5, 5.41) is 0. The molecule has 1 fully saturated rings. The van der Waals surface area contributed by atoms with Gasteiger partial charge in [0.05, 0.1) is 18.9 Å². The number of benzene rings is 1. The third kappa shape index (κ3) is 3.96. The Morgan fingerprint density at radius 1 is 1.45 bits per heavy atom. The highest BCUT2D eigenvalue weighted by Crippen LogP contribution is 2.19. The first-order chi connectivity index (χ1) is 9.56. The van der Waals surface area contributed by atoms with Crippen molar-refractivity contribution in [3.05, 3.63) is 28.7 Å². The van der Waals surface area contributed by atoms with E-state index in [9.17, 15) is 9.59 Å². The molecule has 0 bridgehead atoms. The Balaban J connectivity index is 1.75. The highest BCUT2D eigenvalue weighted by Gasteiger charge is 2.29. The minimum Gasteiger partial charge on any atom is -0.493 e. The molecule has 1 saturated heterocycles. The first kappa shape index (κ1) is 14.8. The number of hydrogen-bond donors (Lipinski definition) is 1. The normalized spacial score (nSPS) is 18.1.